The van der Waals surface area contributed by atoms with Crippen LogP contribution in [0.2, 0.25) is 0 Å². The zero-order chi connectivity index (χ0) is 18.7. The number of fused-ring (bicyclic) bond motifs is 1. The van der Waals surface area contributed by atoms with Crippen LogP contribution in [0.3, 0.4) is 0 Å². The van der Waals surface area contributed by atoms with Crippen LogP contribution in [-0.4, -0.2) is 60.6 Å². The SMILES string of the molecule is CN1CCC(NC(=O)CCn2c(=O)c(N(C)C)nc3ccccc32)CC1. The first-order valence-corrected chi connectivity index (χ1v) is 9.10. The van der Waals surface area contributed by atoms with E-state index in [9.17, 15) is 9.59 Å². The fourth-order valence-electron chi connectivity index (χ4n) is 3.36. The number of nitrogens with zero attached hydrogens (tertiary/aromatic N) is 4. The van der Waals surface area contributed by atoms with Crippen LogP contribution >= 0.6 is 0 Å². The number of likely N-dealkylation sites (tertiary alicyclic amines) is 1. The van der Waals surface area contributed by atoms with Crippen molar-refractivity contribution in [1.29, 1.82) is 0 Å². The molecule has 0 radical (unpaired) electrons. The molecule has 26 heavy (non-hydrogen) atoms. The minimum atomic E-state index is -0.166. The zero-order valence-electron chi connectivity index (χ0n) is 15.7. The molecule has 3 rings (SSSR count). The van der Waals surface area contributed by atoms with Gasteiger partial charge < -0.3 is 19.7 Å². The predicted octanol–water partition coefficient (Wildman–Crippen LogP) is 1.06. The summed E-state index contributed by atoms with van der Waals surface area (Å²) < 4.78 is 1.66. The summed E-state index contributed by atoms with van der Waals surface area (Å²) in [5, 5.41) is 3.11. The van der Waals surface area contributed by atoms with Crippen LogP contribution in [0.5, 0.6) is 0 Å². The molecule has 7 nitrogen and oxygen atoms in total. The molecule has 0 spiro atoms. The lowest BCUT2D eigenvalue weighted by Gasteiger charge is -2.29. The van der Waals surface area contributed by atoms with Crippen molar-refractivity contribution in [2.24, 2.45) is 0 Å². The number of aromatic nitrogens is 2. The third-order valence-corrected chi connectivity index (χ3v) is 4.91. The molecule has 1 aromatic carbocycles. The first-order chi connectivity index (χ1) is 12.5. The molecule has 0 bridgehead atoms. The molecular weight excluding hydrogens is 330 g/mol. The van der Waals surface area contributed by atoms with E-state index < -0.39 is 0 Å². The maximum atomic E-state index is 12.8. The molecule has 0 unspecified atom stereocenters. The molecule has 1 aromatic heterocycles. The highest BCUT2D eigenvalue weighted by Gasteiger charge is 2.19. The lowest BCUT2D eigenvalue weighted by Crippen LogP contribution is -2.43. The largest absolute Gasteiger partial charge is 0.358 e. The van der Waals surface area contributed by atoms with E-state index in [-0.39, 0.29) is 23.9 Å². The van der Waals surface area contributed by atoms with E-state index >= 15 is 0 Å². The Labute approximate surface area is 153 Å². The first kappa shape index (κ1) is 18.4. The normalized spacial score (nSPS) is 16.0. The fraction of sp³-hybridized carbons (Fsp3) is 0.526. The van der Waals surface area contributed by atoms with Crippen LogP contribution in [0.1, 0.15) is 19.3 Å². The molecule has 7 heteroatoms. The van der Waals surface area contributed by atoms with Crippen LogP contribution in [0.4, 0.5) is 5.82 Å². The lowest BCUT2D eigenvalue weighted by molar-refractivity contribution is -0.122. The molecular formula is C19H27N5O2. The quantitative estimate of drug-likeness (QED) is 0.867. The number of carbonyl (C=O) groups is 1. The van der Waals surface area contributed by atoms with E-state index in [4.69, 9.17) is 0 Å². The van der Waals surface area contributed by atoms with Crippen molar-refractivity contribution in [1.82, 2.24) is 19.8 Å². The fourth-order valence-corrected chi connectivity index (χ4v) is 3.36. The highest BCUT2D eigenvalue weighted by Crippen LogP contribution is 2.14. The average Bonchev–Trinajstić information content (AvgIpc) is 2.62. The van der Waals surface area contributed by atoms with Gasteiger partial charge in [-0.25, -0.2) is 4.98 Å². The molecule has 0 saturated carbocycles. The summed E-state index contributed by atoms with van der Waals surface area (Å²) >= 11 is 0. The average molecular weight is 357 g/mol. The van der Waals surface area contributed by atoms with Crippen molar-refractivity contribution in [2.75, 3.05) is 39.1 Å². The van der Waals surface area contributed by atoms with Gasteiger partial charge >= 0.3 is 0 Å². The lowest BCUT2D eigenvalue weighted by atomic mass is 10.1. The third kappa shape index (κ3) is 4.04. The van der Waals surface area contributed by atoms with E-state index in [0.717, 1.165) is 37.0 Å². The number of hydrogen-bond acceptors (Lipinski definition) is 5. The third-order valence-electron chi connectivity index (χ3n) is 4.91. The van der Waals surface area contributed by atoms with E-state index in [1.54, 1.807) is 23.6 Å². The maximum Gasteiger partial charge on any atom is 0.293 e. The topological polar surface area (TPSA) is 70.5 Å². The van der Waals surface area contributed by atoms with Crippen LogP contribution in [0.25, 0.3) is 11.0 Å². The second-order valence-electron chi connectivity index (χ2n) is 7.17. The summed E-state index contributed by atoms with van der Waals surface area (Å²) in [6, 6.07) is 7.78. The Bertz CT molecular complexity index is 837. The number of carbonyl (C=O) groups excluding carboxylic acids is 1. The molecule has 1 saturated heterocycles. The van der Waals surface area contributed by atoms with Crippen LogP contribution < -0.4 is 15.8 Å². The molecule has 1 fully saturated rings. The van der Waals surface area contributed by atoms with Gasteiger partial charge in [0.2, 0.25) is 5.91 Å². The molecule has 140 valence electrons. The summed E-state index contributed by atoms with van der Waals surface area (Å²) in [4.78, 5) is 33.6. The molecule has 1 amide bonds. The molecule has 0 atom stereocenters. The zero-order valence-corrected chi connectivity index (χ0v) is 15.7. The van der Waals surface area contributed by atoms with Gasteiger partial charge in [-0.1, -0.05) is 12.1 Å². The Morgan fingerprint density at radius 2 is 1.96 bits per heavy atom. The van der Waals surface area contributed by atoms with Gasteiger partial charge in [-0.05, 0) is 45.1 Å². The van der Waals surface area contributed by atoms with Crippen molar-refractivity contribution in [3.63, 3.8) is 0 Å². The molecule has 1 aliphatic rings. The number of hydrogen-bond donors (Lipinski definition) is 1. The number of anilines is 1. The van der Waals surface area contributed by atoms with E-state index in [1.165, 1.54) is 0 Å². The monoisotopic (exact) mass is 357 g/mol. The van der Waals surface area contributed by atoms with Gasteiger partial charge in [0.05, 0.1) is 11.0 Å². The highest BCUT2D eigenvalue weighted by atomic mass is 16.2. The Balaban J connectivity index is 1.75. The van der Waals surface area contributed by atoms with Gasteiger partial charge in [0.1, 0.15) is 0 Å². The standard InChI is InChI=1S/C19H27N5O2/c1-22(2)18-19(26)24(16-7-5-4-6-15(16)21-18)13-10-17(25)20-14-8-11-23(3)12-9-14/h4-7,14H,8-13H2,1-3H3,(H,20,25). The smallest absolute Gasteiger partial charge is 0.293 e. The summed E-state index contributed by atoms with van der Waals surface area (Å²) in [5.41, 5.74) is 1.35. The minimum Gasteiger partial charge on any atom is -0.358 e. The molecule has 0 aliphatic carbocycles. The number of para-hydroxylation sites is 2. The number of benzene rings is 1. The van der Waals surface area contributed by atoms with Crippen LogP contribution in [-0.2, 0) is 11.3 Å². The van der Waals surface area contributed by atoms with Gasteiger partial charge in [-0.15, -0.1) is 0 Å². The van der Waals surface area contributed by atoms with Gasteiger partial charge in [-0.2, -0.15) is 0 Å². The van der Waals surface area contributed by atoms with Gasteiger partial charge in [0, 0.05) is 33.1 Å². The molecule has 2 heterocycles. The Morgan fingerprint density at radius 3 is 2.65 bits per heavy atom. The summed E-state index contributed by atoms with van der Waals surface area (Å²) in [5.74, 6) is 0.387. The van der Waals surface area contributed by atoms with E-state index in [2.05, 4.69) is 22.2 Å². The van der Waals surface area contributed by atoms with Gasteiger partial charge in [0.25, 0.3) is 5.56 Å². The number of piperidine rings is 1. The van der Waals surface area contributed by atoms with Gasteiger partial charge in [0.15, 0.2) is 5.82 Å². The van der Waals surface area contributed by atoms with E-state index in [1.807, 2.05) is 24.3 Å². The van der Waals surface area contributed by atoms with Crippen LogP contribution in [0.15, 0.2) is 29.1 Å². The van der Waals surface area contributed by atoms with E-state index in [0.29, 0.717) is 12.4 Å². The molecule has 1 aliphatic heterocycles. The van der Waals surface area contributed by atoms with Crippen molar-refractivity contribution in [3.05, 3.63) is 34.6 Å². The second-order valence-corrected chi connectivity index (χ2v) is 7.17. The number of amides is 1. The number of nitrogens with one attached hydrogen (secondary N) is 1. The summed E-state index contributed by atoms with van der Waals surface area (Å²) in [6.07, 6.45) is 2.24. The molecule has 2 aromatic rings. The highest BCUT2D eigenvalue weighted by molar-refractivity contribution is 5.78. The van der Waals surface area contributed by atoms with Crippen LogP contribution in [0, 0.1) is 0 Å². The Hall–Kier alpha value is -2.41. The predicted molar refractivity (Wildman–Crippen MR) is 104 cm³/mol. The van der Waals surface area contributed by atoms with Crippen molar-refractivity contribution < 1.29 is 4.79 Å². The Morgan fingerprint density at radius 1 is 1.27 bits per heavy atom. The van der Waals surface area contributed by atoms with Crippen molar-refractivity contribution in [3.8, 4) is 0 Å². The van der Waals surface area contributed by atoms with Gasteiger partial charge in [-0.3, -0.25) is 9.59 Å². The number of rotatable bonds is 5. The molecule has 1 N–H and O–H groups in total. The first-order valence-electron chi connectivity index (χ1n) is 9.10. The minimum absolute atomic E-state index is 0.00116. The van der Waals surface area contributed by atoms with Crippen molar-refractivity contribution in [2.45, 2.75) is 31.8 Å². The Kier molecular flexibility index (Phi) is 5.56. The number of aryl methyl sites for hydroxylation is 1. The summed E-state index contributed by atoms with van der Waals surface area (Å²) in [7, 11) is 5.70. The van der Waals surface area contributed by atoms with Crippen molar-refractivity contribution >= 4 is 22.8 Å². The second kappa shape index (κ2) is 7.86. The summed E-state index contributed by atoms with van der Waals surface area (Å²) in [6.45, 7) is 2.36. The maximum absolute atomic E-state index is 12.8.